The fourth-order valence-corrected chi connectivity index (χ4v) is 2.78. The number of rotatable bonds is 7. The molecule has 0 aliphatic rings. The molecule has 0 fully saturated rings. The van der Waals surface area contributed by atoms with Crippen molar-refractivity contribution < 1.29 is 9.53 Å². The summed E-state index contributed by atoms with van der Waals surface area (Å²) in [4.78, 5) is 11.3. The first-order valence-electron chi connectivity index (χ1n) is 6.26. The average molecular weight is 267 g/mol. The fourth-order valence-electron chi connectivity index (χ4n) is 1.74. The van der Waals surface area contributed by atoms with E-state index in [4.69, 9.17) is 10.5 Å². The highest BCUT2D eigenvalue weighted by Crippen LogP contribution is 2.27. The van der Waals surface area contributed by atoms with Gasteiger partial charge in [-0.25, -0.2) is 0 Å². The van der Waals surface area contributed by atoms with Gasteiger partial charge in [0.15, 0.2) is 0 Å². The van der Waals surface area contributed by atoms with Crippen molar-refractivity contribution in [3.63, 3.8) is 0 Å². The van der Waals surface area contributed by atoms with Gasteiger partial charge in [0.05, 0.1) is 12.4 Å². The molecule has 2 unspecified atom stereocenters. The number of carbonyl (C=O) groups is 1. The van der Waals surface area contributed by atoms with Crippen LogP contribution in [0.2, 0.25) is 0 Å². The Labute approximate surface area is 113 Å². The highest BCUT2D eigenvalue weighted by molar-refractivity contribution is 8.00. The number of carbonyl (C=O) groups excluding carboxylic acids is 1. The van der Waals surface area contributed by atoms with E-state index >= 15 is 0 Å². The maximum atomic E-state index is 11.3. The zero-order chi connectivity index (χ0) is 13.4. The molecule has 0 radical (unpaired) electrons. The van der Waals surface area contributed by atoms with Crippen molar-refractivity contribution in [2.24, 2.45) is 5.73 Å². The van der Waals surface area contributed by atoms with Crippen molar-refractivity contribution in [2.45, 2.75) is 31.6 Å². The lowest BCUT2D eigenvalue weighted by Crippen LogP contribution is -2.24. The van der Waals surface area contributed by atoms with Crippen molar-refractivity contribution in [3.05, 3.63) is 35.9 Å². The summed E-state index contributed by atoms with van der Waals surface area (Å²) in [6, 6.07) is 9.95. The molecular formula is C14H21NO2S. The maximum Gasteiger partial charge on any atom is 0.315 e. The van der Waals surface area contributed by atoms with Crippen molar-refractivity contribution in [1.29, 1.82) is 0 Å². The predicted molar refractivity (Wildman–Crippen MR) is 76.5 cm³/mol. The van der Waals surface area contributed by atoms with Crippen LogP contribution in [0.4, 0.5) is 0 Å². The summed E-state index contributed by atoms with van der Waals surface area (Å²) in [5, 5.41) is 0.233. The van der Waals surface area contributed by atoms with Crippen molar-refractivity contribution in [1.82, 2.24) is 0 Å². The van der Waals surface area contributed by atoms with Crippen LogP contribution in [0.1, 0.15) is 31.9 Å². The SMILES string of the molecule is CCOC(=O)CSC(CC)C(N)c1ccccc1. The van der Waals surface area contributed by atoms with Crippen molar-refractivity contribution in [2.75, 3.05) is 12.4 Å². The molecule has 0 aromatic heterocycles. The number of thioether (sulfide) groups is 1. The van der Waals surface area contributed by atoms with E-state index in [9.17, 15) is 4.79 Å². The Morgan fingerprint density at radius 2 is 2.00 bits per heavy atom. The molecule has 0 amide bonds. The van der Waals surface area contributed by atoms with Crippen LogP contribution in [0.3, 0.4) is 0 Å². The molecule has 100 valence electrons. The summed E-state index contributed by atoms with van der Waals surface area (Å²) in [6.07, 6.45) is 0.931. The fraction of sp³-hybridized carbons (Fsp3) is 0.500. The van der Waals surface area contributed by atoms with Crippen LogP contribution in [0.15, 0.2) is 30.3 Å². The third-order valence-electron chi connectivity index (χ3n) is 2.71. The minimum absolute atomic E-state index is 0.0457. The highest BCUT2D eigenvalue weighted by Gasteiger charge is 2.19. The van der Waals surface area contributed by atoms with Gasteiger partial charge in [-0.1, -0.05) is 37.3 Å². The van der Waals surface area contributed by atoms with Crippen LogP contribution >= 0.6 is 11.8 Å². The lowest BCUT2D eigenvalue weighted by molar-refractivity contribution is -0.139. The van der Waals surface area contributed by atoms with E-state index in [1.165, 1.54) is 0 Å². The van der Waals surface area contributed by atoms with Gasteiger partial charge in [0.2, 0.25) is 0 Å². The van der Waals surface area contributed by atoms with Gasteiger partial charge in [0.25, 0.3) is 0 Å². The number of esters is 1. The van der Waals surface area contributed by atoms with E-state index in [0.717, 1.165) is 12.0 Å². The Balaban J connectivity index is 2.53. The molecule has 2 atom stereocenters. The minimum Gasteiger partial charge on any atom is -0.465 e. The molecule has 4 heteroatoms. The van der Waals surface area contributed by atoms with Gasteiger partial charge in [0, 0.05) is 11.3 Å². The number of benzene rings is 1. The van der Waals surface area contributed by atoms with E-state index in [0.29, 0.717) is 12.4 Å². The van der Waals surface area contributed by atoms with E-state index in [-0.39, 0.29) is 17.3 Å². The first-order valence-corrected chi connectivity index (χ1v) is 7.31. The quantitative estimate of drug-likeness (QED) is 0.772. The number of ether oxygens (including phenoxy) is 1. The average Bonchev–Trinajstić information content (AvgIpc) is 2.40. The standard InChI is InChI=1S/C14H21NO2S/c1-3-12(18-10-13(16)17-4-2)14(15)11-8-6-5-7-9-11/h5-9,12,14H,3-4,10,15H2,1-2H3. The first kappa shape index (κ1) is 15.1. The van der Waals surface area contributed by atoms with Crippen LogP contribution in [0.25, 0.3) is 0 Å². The summed E-state index contributed by atoms with van der Waals surface area (Å²) < 4.78 is 4.92. The largest absolute Gasteiger partial charge is 0.465 e. The lowest BCUT2D eigenvalue weighted by Gasteiger charge is -2.22. The number of nitrogens with two attached hydrogens (primary N) is 1. The van der Waals surface area contributed by atoms with Gasteiger partial charge in [0.1, 0.15) is 0 Å². The maximum absolute atomic E-state index is 11.3. The van der Waals surface area contributed by atoms with E-state index in [1.807, 2.05) is 37.3 Å². The summed E-state index contributed by atoms with van der Waals surface area (Å²) in [7, 11) is 0. The molecule has 0 saturated heterocycles. The van der Waals surface area contributed by atoms with Crippen molar-refractivity contribution in [3.8, 4) is 0 Å². The molecule has 0 aliphatic carbocycles. The minimum atomic E-state index is -0.166. The molecule has 0 heterocycles. The molecule has 3 nitrogen and oxygen atoms in total. The summed E-state index contributed by atoms with van der Waals surface area (Å²) in [5.74, 6) is 0.202. The third kappa shape index (κ3) is 4.70. The van der Waals surface area contributed by atoms with E-state index in [2.05, 4.69) is 6.92 Å². The Morgan fingerprint density at radius 1 is 1.33 bits per heavy atom. The van der Waals surface area contributed by atoms with E-state index in [1.54, 1.807) is 11.8 Å². The van der Waals surface area contributed by atoms with Gasteiger partial charge in [-0.3, -0.25) is 4.79 Å². The Kier molecular flexibility index (Phi) is 6.83. The summed E-state index contributed by atoms with van der Waals surface area (Å²) in [6.45, 7) is 4.34. The molecule has 18 heavy (non-hydrogen) atoms. The molecule has 0 saturated carbocycles. The van der Waals surface area contributed by atoms with Gasteiger partial charge in [-0.05, 0) is 18.9 Å². The molecular weight excluding hydrogens is 246 g/mol. The lowest BCUT2D eigenvalue weighted by atomic mass is 10.0. The molecule has 0 bridgehead atoms. The zero-order valence-corrected chi connectivity index (χ0v) is 11.8. The van der Waals surface area contributed by atoms with Crippen molar-refractivity contribution >= 4 is 17.7 Å². The molecule has 1 rings (SSSR count). The van der Waals surface area contributed by atoms with E-state index < -0.39 is 0 Å². The Bertz CT molecular complexity index is 356. The normalized spacial score (nSPS) is 13.9. The van der Waals surface area contributed by atoms with Crippen LogP contribution in [0, 0.1) is 0 Å². The molecule has 1 aromatic carbocycles. The Hall–Kier alpha value is -1.00. The van der Waals surface area contributed by atoms with Gasteiger partial charge in [-0.15, -0.1) is 11.8 Å². The van der Waals surface area contributed by atoms with Crippen LogP contribution in [-0.4, -0.2) is 23.6 Å². The van der Waals surface area contributed by atoms with Crippen LogP contribution in [-0.2, 0) is 9.53 Å². The predicted octanol–water partition coefficient (Wildman–Crippen LogP) is 2.76. The number of hydrogen-bond donors (Lipinski definition) is 1. The van der Waals surface area contributed by atoms with Crippen LogP contribution in [0.5, 0.6) is 0 Å². The second kappa shape index (κ2) is 8.16. The second-order valence-electron chi connectivity index (χ2n) is 4.00. The number of hydrogen-bond acceptors (Lipinski definition) is 4. The zero-order valence-electron chi connectivity index (χ0n) is 11.0. The van der Waals surface area contributed by atoms with Crippen LogP contribution < -0.4 is 5.73 Å². The smallest absolute Gasteiger partial charge is 0.315 e. The van der Waals surface area contributed by atoms with Gasteiger partial charge in [-0.2, -0.15) is 0 Å². The summed E-state index contributed by atoms with van der Waals surface area (Å²) in [5.41, 5.74) is 7.35. The Morgan fingerprint density at radius 3 is 2.56 bits per heavy atom. The highest BCUT2D eigenvalue weighted by atomic mass is 32.2. The topological polar surface area (TPSA) is 52.3 Å². The van der Waals surface area contributed by atoms with Gasteiger partial charge < -0.3 is 10.5 Å². The first-order chi connectivity index (χ1) is 8.69. The monoisotopic (exact) mass is 267 g/mol. The third-order valence-corrected chi connectivity index (χ3v) is 4.17. The molecule has 0 aliphatic heterocycles. The van der Waals surface area contributed by atoms with Gasteiger partial charge >= 0.3 is 5.97 Å². The molecule has 2 N–H and O–H groups in total. The second-order valence-corrected chi connectivity index (χ2v) is 5.23. The molecule has 1 aromatic rings. The molecule has 0 spiro atoms. The summed E-state index contributed by atoms with van der Waals surface area (Å²) >= 11 is 1.57.